The molecule has 3 rings (SSSR count). The minimum Gasteiger partial charge on any atom is -0.496 e. The number of benzene rings is 1. The fourth-order valence-electron chi connectivity index (χ4n) is 1.92. The normalized spacial score (nSPS) is 10.7. The molecule has 0 spiro atoms. The van der Waals surface area contributed by atoms with Crippen LogP contribution in [0.25, 0.3) is 17.0 Å². The molecule has 0 amide bonds. The lowest BCUT2D eigenvalue weighted by Gasteiger charge is -2.06. The van der Waals surface area contributed by atoms with Gasteiger partial charge in [0, 0.05) is 11.9 Å². The lowest BCUT2D eigenvalue weighted by atomic mass is 10.2. The first-order valence-corrected chi connectivity index (χ1v) is 5.53. The first-order valence-electron chi connectivity index (χ1n) is 5.53. The van der Waals surface area contributed by atoms with Gasteiger partial charge in [0.2, 0.25) is 0 Å². The molecule has 0 radical (unpaired) electrons. The highest BCUT2D eigenvalue weighted by Crippen LogP contribution is 2.28. The van der Waals surface area contributed by atoms with Crippen LogP contribution in [0.1, 0.15) is 0 Å². The molecule has 0 fully saturated rings. The summed E-state index contributed by atoms with van der Waals surface area (Å²) in [4.78, 5) is 0. The average molecular weight is 240 g/mol. The van der Waals surface area contributed by atoms with Gasteiger partial charge in [0.15, 0.2) is 11.5 Å². The molecule has 5 heteroatoms. The van der Waals surface area contributed by atoms with Crippen LogP contribution in [0.3, 0.4) is 0 Å². The van der Waals surface area contributed by atoms with E-state index in [0.717, 1.165) is 22.8 Å². The molecule has 0 saturated carbocycles. The Morgan fingerprint density at radius 2 is 1.94 bits per heavy atom. The number of nitrogen functional groups attached to an aromatic ring is 1. The molecular weight excluding hydrogens is 228 g/mol. The Hall–Kier alpha value is -2.56. The van der Waals surface area contributed by atoms with Crippen molar-refractivity contribution in [3.8, 4) is 17.1 Å². The minimum absolute atomic E-state index is 0.665. The largest absolute Gasteiger partial charge is 0.496 e. The Morgan fingerprint density at radius 3 is 2.78 bits per heavy atom. The summed E-state index contributed by atoms with van der Waals surface area (Å²) >= 11 is 0. The van der Waals surface area contributed by atoms with Gasteiger partial charge in [-0.05, 0) is 24.3 Å². The van der Waals surface area contributed by atoms with E-state index < -0.39 is 0 Å². The number of rotatable bonds is 2. The highest BCUT2D eigenvalue weighted by molar-refractivity contribution is 5.67. The number of hydrogen-bond donors (Lipinski definition) is 1. The van der Waals surface area contributed by atoms with E-state index in [1.165, 1.54) is 0 Å². The van der Waals surface area contributed by atoms with Crippen LogP contribution in [0.5, 0.6) is 5.75 Å². The fourth-order valence-corrected chi connectivity index (χ4v) is 1.92. The number of pyridine rings is 1. The van der Waals surface area contributed by atoms with Gasteiger partial charge in [-0.15, -0.1) is 10.2 Å². The Balaban J connectivity index is 2.28. The van der Waals surface area contributed by atoms with Gasteiger partial charge in [0.25, 0.3) is 0 Å². The second-order valence-corrected chi connectivity index (χ2v) is 3.91. The van der Waals surface area contributed by atoms with Gasteiger partial charge in [0.05, 0.1) is 12.7 Å². The zero-order chi connectivity index (χ0) is 12.5. The molecule has 5 nitrogen and oxygen atoms in total. The number of ether oxygens (including phenoxy) is 1. The van der Waals surface area contributed by atoms with E-state index in [0.29, 0.717) is 5.69 Å². The van der Waals surface area contributed by atoms with Crippen LogP contribution < -0.4 is 10.5 Å². The van der Waals surface area contributed by atoms with Crippen molar-refractivity contribution in [2.75, 3.05) is 12.8 Å². The average Bonchev–Trinajstić information content (AvgIpc) is 2.81. The Bertz CT molecular complexity index is 705. The van der Waals surface area contributed by atoms with E-state index in [9.17, 15) is 0 Å². The van der Waals surface area contributed by atoms with Gasteiger partial charge < -0.3 is 10.5 Å². The van der Waals surface area contributed by atoms with Crippen LogP contribution in [-0.4, -0.2) is 21.7 Å². The van der Waals surface area contributed by atoms with Gasteiger partial charge >= 0.3 is 0 Å². The maximum absolute atomic E-state index is 5.79. The molecule has 2 heterocycles. The highest BCUT2D eigenvalue weighted by atomic mass is 16.5. The standard InChI is InChI=1S/C13H12N4O/c1-18-11-5-3-2-4-10(11)13-16-15-12-7-6-9(14)8-17(12)13/h2-8H,14H2,1H3. The van der Waals surface area contributed by atoms with Crippen LogP contribution in [0.4, 0.5) is 5.69 Å². The van der Waals surface area contributed by atoms with Crippen LogP contribution in [-0.2, 0) is 0 Å². The van der Waals surface area contributed by atoms with Crippen molar-refractivity contribution in [1.29, 1.82) is 0 Å². The number of aromatic nitrogens is 3. The summed E-state index contributed by atoms with van der Waals surface area (Å²) in [6.07, 6.45) is 1.80. The molecular formula is C13H12N4O. The second kappa shape index (κ2) is 4.03. The van der Waals surface area contributed by atoms with Gasteiger partial charge in [-0.2, -0.15) is 0 Å². The number of methoxy groups -OCH3 is 1. The molecule has 2 N–H and O–H groups in total. The van der Waals surface area contributed by atoms with Crippen molar-refractivity contribution >= 4 is 11.3 Å². The highest BCUT2D eigenvalue weighted by Gasteiger charge is 2.12. The summed E-state index contributed by atoms with van der Waals surface area (Å²) in [5, 5.41) is 8.31. The Morgan fingerprint density at radius 1 is 1.11 bits per heavy atom. The van der Waals surface area contributed by atoms with Crippen molar-refractivity contribution in [2.24, 2.45) is 0 Å². The summed E-state index contributed by atoms with van der Waals surface area (Å²) < 4.78 is 7.19. The summed E-state index contributed by atoms with van der Waals surface area (Å²) in [6, 6.07) is 11.3. The first kappa shape index (κ1) is 10.6. The second-order valence-electron chi connectivity index (χ2n) is 3.91. The van der Waals surface area contributed by atoms with Crippen molar-refractivity contribution in [2.45, 2.75) is 0 Å². The Kier molecular flexibility index (Phi) is 2.37. The summed E-state index contributed by atoms with van der Waals surface area (Å²) in [7, 11) is 1.64. The zero-order valence-corrected chi connectivity index (χ0v) is 9.87. The van der Waals surface area contributed by atoms with Crippen molar-refractivity contribution in [3.05, 3.63) is 42.6 Å². The van der Waals surface area contributed by atoms with Gasteiger partial charge in [-0.3, -0.25) is 4.40 Å². The quantitative estimate of drug-likeness (QED) is 0.744. The molecule has 0 aliphatic heterocycles. The topological polar surface area (TPSA) is 65.4 Å². The summed E-state index contributed by atoms with van der Waals surface area (Å²) in [6.45, 7) is 0. The predicted octanol–water partition coefficient (Wildman–Crippen LogP) is 1.99. The van der Waals surface area contributed by atoms with E-state index in [1.807, 2.05) is 34.7 Å². The molecule has 0 atom stereocenters. The number of nitrogens with two attached hydrogens (primary N) is 1. The maximum atomic E-state index is 5.79. The fraction of sp³-hybridized carbons (Fsp3) is 0.0769. The third-order valence-corrected chi connectivity index (χ3v) is 2.77. The molecule has 0 unspecified atom stereocenters. The monoisotopic (exact) mass is 240 g/mol. The third-order valence-electron chi connectivity index (χ3n) is 2.77. The van der Waals surface area contributed by atoms with E-state index in [1.54, 1.807) is 19.4 Å². The molecule has 0 saturated heterocycles. The van der Waals surface area contributed by atoms with E-state index in [4.69, 9.17) is 10.5 Å². The number of anilines is 1. The van der Waals surface area contributed by atoms with Crippen LogP contribution >= 0.6 is 0 Å². The van der Waals surface area contributed by atoms with Crippen LogP contribution in [0, 0.1) is 0 Å². The Labute approximate surface area is 104 Å². The molecule has 0 aliphatic carbocycles. The van der Waals surface area contributed by atoms with E-state index in [-0.39, 0.29) is 0 Å². The smallest absolute Gasteiger partial charge is 0.172 e. The lowest BCUT2D eigenvalue weighted by Crippen LogP contribution is -1.95. The summed E-state index contributed by atoms with van der Waals surface area (Å²) in [5.74, 6) is 1.48. The molecule has 0 bridgehead atoms. The third kappa shape index (κ3) is 1.57. The van der Waals surface area contributed by atoms with E-state index in [2.05, 4.69) is 10.2 Å². The van der Waals surface area contributed by atoms with Crippen molar-refractivity contribution in [1.82, 2.24) is 14.6 Å². The van der Waals surface area contributed by atoms with Gasteiger partial charge in [-0.25, -0.2) is 0 Å². The minimum atomic E-state index is 0.665. The number of para-hydroxylation sites is 1. The molecule has 2 aromatic heterocycles. The van der Waals surface area contributed by atoms with Gasteiger partial charge in [0.1, 0.15) is 5.75 Å². The number of hydrogen-bond acceptors (Lipinski definition) is 4. The van der Waals surface area contributed by atoms with Gasteiger partial charge in [-0.1, -0.05) is 12.1 Å². The maximum Gasteiger partial charge on any atom is 0.172 e. The van der Waals surface area contributed by atoms with Crippen molar-refractivity contribution < 1.29 is 4.74 Å². The number of nitrogens with zero attached hydrogens (tertiary/aromatic N) is 3. The summed E-state index contributed by atoms with van der Waals surface area (Å²) in [5.41, 5.74) is 8.10. The number of fused-ring (bicyclic) bond motifs is 1. The predicted molar refractivity (Wildman–Crippen MR) is 69.4 cm³/mol. The molecule has 18 heavy (non-hydrogen) atoms. The molecule has 3 aromatic rings. The zero-order valence-electron chi connectivity index (χ0n) is 9.87. The van der Waals surface area contributed by atoms with Crippen molar-refractivity contribution in [3.63, 3.8) is 0 Å². The van der Waals surface area contributed by atoms with Crippen LogP contribution in [0.2, 0.25) is 0 Å². The first-order chi connectivity index (χ1) is 8.79. The van der Waals surface area contributed by atoms with Crippen LogP contribution in [0.15, 0.2) is 42.6 Å². The SMILES string of the molecule is COc1ccccc1-c1nnc2ccc(N)cn12. The molecule has 0 aliphatic rings. The lowest BCUT2D eigenvalue weighted by molar-refractivity contribution is 0.416. The molecule has 1 aromatic carbocycles. The van der Waals surface area contributed by atoms with E-state index >= 15 is 0 Å². The molecule has 90 valence electrons.